The quantitative estimate of drug-likeness (QED) is 0.327. The number of esters is 2. The molecule has 4 nitrogen and oxygen atoms in total. The van der Waals surface area contributed by atoms with Gasteiger partial charge in [0.15, 0.2) is 5.92 Å². The number of hydrogen-bond donors (Lipinski definition) is 0. The van der Waals surface area contributed by atoms with Crippen LogP contribution in [0.25, 0.3) is 0 Å². The summed E-state index contributed by atoms with van der Waals surface area (Å²) in [5.74, 6) is -0.841. The van der Waals surface area contributed by atoms with E-state index in [0.717, 1.165) is 5.56 Å². The van der Waals surface area contributed by atoms with Crippen LogP contribution in [0.1, 0.15) is 51.7 Å². The first-order valence-electron chi connectivity index (χ1n) is 9.28. The van der Waals surface area contributed by atoms with Crippen molar-refractivity contribution in [3.8, 4) is 11.5 Å². The summed E-state index contributed by atoms with van der Waals surface area (Å²) in [5.41, 5.74) is 5.32. The Labute approximate surface area is 163 Å². The summed E-state index contributed by atoms with van der Waals surface area (Å²) in [4.78, 5) is 25.2. The zero-order valence-corrected chi connectivity index (χ0v) is 18.6. The van der Waals surface area contributed by atoms with Crippen molar-refractivity contribution in [1.29, 1.82) is 0 Å². The Morgan fingerprint density at radius 2 is 1.48 bits per heavy atom. The average Bonchev–Trinajstić information content (AvgIpc) is 2.47. The van der Waals surface area contributed by atoms with E-state index in [4.69, 9.17) is 9.47 Å². The Morgan fingerprint density at radius 1 is 1.00 bits per heavy atom. The molecule has 1 fully saturated rings. The minimum atomic E-state index is -1.69. The smallest absolute Gasteiger partial charge is 0.325 e. The Hall–Kier alpha value is -2.06. The summed E-state index contributed by atoms with van der Waals surface area (Å²) in [6.45, 7) is 15.9. The summed E-state index contributed by atoms with van der Waals surface area (Å²) in [6, 6.07) is 7.96. The van der Waals surface area contributed by atoms with Gasteiger partial charge in [-0.15, -0.1) is 11.5 Å². The van der Waals surface area contributed by atoms with Crippen LogP contribution in [0.3, 0.4) is 0 Å². The lowest BCUT2D eigenvalue weighted by Crippen LogP contribution is -2.48. The fraction of sp³-hybridized carbons (Fsp3) is 0.545. The van der Waals surface area contributed by atoms with Crippen LogP contribution in [-0.4, -0.2) is 25.8 Å². The van der Waals surface area contributed by atoms with Gasteiger partial charge in [-0.25, -0.2) is 0 Å². The summed E-state index contributed by atoms with van der Waals surface area (Å²) in [7, 11) is -1.69. The second-order valence-corrected chi connectivity index (χ2v) is 14.3. The Balaban J connectivity index is 2.48. The van der Waals surface area contributed by atoms with Crippen molar-refractivity contribution in [1.82, 2.24) is 0 Å². The molecule has 2 rings (SSSR count). The first-order valence-corrected chi connectivity index (χ1v) is 12.8. The maximum atomic E-state index is 12.6. The van der Waals surface area contributed by atoms with Crippen LogP contribution < -0.4 is 0 Å². The molecule has 0 spiro atoms. The normalized spacial score (nSPS) is 18.8. The number of ether oxygens (including phenoxy) is 2. The third kappa shape index (κ3) is 5.46. The second-order valence-electron chi connectivity index (χ2n) is 9.59. The lowest BCUT2D eigenvalue weighted by molar-refractivity contribution is -0.240. The number of hydrogen-bond acceptors (Lipinski definition) is 4. The molecule has 5 heteroatoms. The molecule has 0 bridgehead atoms. The molecule has 27 heavy (non-hydrogen) atoms. The number of cyclic esters (lactones) is 2. The highest BCUT2D eigenvalue weighted by molar-refractivity contribution is 6.83. The standard InChI is InChI=1S/C22H30O4Si/c1-21(2,3)16-11-9-15(10-12-16)17(13-14-27(6,7)8)18-19(23)25-22(4,5)26-20(18)24/h9-12,17-18H,1-8H3/t17-/m0/s1. The number of carbonyl (C=O) groups is 2. The van der Waals surface area contributed by atoms with E-state index >= 15 is 0 Å². The van der Waals surface area contributed by atoms with E-state index in [1.807, 2.05) is 24.3 Å². The number of rotatable bonds is 2. The molecule has 0 amide bonds. The third-order valence-electron chi connectivity index (χ3n) is 4.27. The van der Waals surface area contributed by atoms with Crippen LogP contribution >= 0.6 is 0 Å². The van der Waals surface area contributed by atoms with Gasteiger partial charge >= 0.3 is 11.9 Å². The third-order valence-corrected chi connectivity index (χ3v) is 5.17. The van der Waals surface area contributed by atoms with Gasteiger partial charge in [-0.2, -0.15) is 0 Å². The molecule has 0 unspecified atom stereocenters. The molecule has 1 heterocycles. The lowest BCUT2D eigenvalue weighted by Gasteiger charge is -2.34. The molecule has 146 valence electrons. The van der Waals surface area contributed by atoms with Crippen LogP contribution in [0.5, 0.6) is 0 Å². The van der Waals surface area contributed by atoms with Gasteiger partial charge in [-0.3, -0.25) is 9.59 Å². The van der Waals surface area contributed by atoms with E-state index in [1.54, 1.807) is 13.8 Å². The van der Waals surface area contributed by atoms with Crippen molar-refractivity contribution < 1.29 is 19.1 Å². The van der Waals surface area contributed by atoms with Crippen molar-refractivity contribution in [2.24, 2.45) is 5.92 Å². The molecule has 0 aliphatic carbocycles. The van der Waals surface area contributed by atoms with Crippen LogP contribution in [0.4, 0.5) is 0 Å². The van der Waals surface area contributed by atoms with Gasteiger partial charge in [-0.05, 0) is 16.5 Å². The van der Waals surface area contributed by atoms with E-state index in [-0.39, 0.29) is 5.41 Å². The summed E-state index contributed by atoms with van der Waals surface area (Å²) in [5, 5.41) is 0. The van der Waals surface area contributed by atoms with Crippen LogP contribution in [0.15, 0.2) is 24.3 Å². The second kappa shape index (κ2) is 7.16. The summed E-state index contributed by atoms with van der Waals surface area (Å²) < 4.78 is 10.7. The van der Waals surface area contributed by atoms with Crippen LogP contribution in [-0.2, 0) is 24.5 Å². The molecule has 1 aliphatic rings. The van der Waals surface area contributed by atoms with Gasteiger partial charge in [0.2, 0.25) is 0 Å². The molecule has 1 aliphatic heterocycles. The molecular formula is C22H30O4Si. The van der Waals surface area contributed by atoms with Crippen molar-refractivity contribution >= 4 is 20.0 Å². The SMILES string of the molecule is CC1(C)OC(=O)C([C@@H](C#C[Si](C)(C)C)c2ccc(C(C)(C)C)cc2)C(=O)O1. The molecule has 1 atom stereocenters. The summed E-state index contributed by atoms with van der Waals surface area (Å²) >= 11 is 0. The molecule has 0 N–H and O–H groups in total. The lowest BCUT2D eigenvalue weighted by atomic mass is 9.82. The predicted octanol–water partition coefficient (Wildman–Crippen LogP) is 4.40. The largest absolute Gasteiger partial charge is 0.422 e. The average molecular weight is 387 g/mol. The van der Waals surface area contributed by atoms with Crippen molar-refractivity contribution in [3.05, 3.63) is 35.4 Å². The monoisotopic (exact) mass is 386 g/mol. The van der Waals surface area contributed by atoms with Gasteiger partial charge in [0, 0.05) is 13.8 Å². The fourth-order valence-corrected chi connectivity index (χ4v) is 3.43. The van der Waals surface area contributed by atoms with Crippen molar-refractivity contribution in [2.75, 3.05) is 0 Å². The van der Waals surface area contributed by atoms with Crippen LogP contribution in [0, 0.1) is 17.4 Å². The zero-order chi connectivity index (χ0) is 20.6. The first-order chi connectivity index (χ1) is 12.2. The van der Waals surface area contributed by atoms with E-state index < -0.39 is 37.6 Å². The summed E-state index contributed by atoms with van der Waals surface area (Å²) in [6.07, 6.45) is 0. The van der Waals surface area contributed by atoms with Gasteiger partial charge in [0.1, 0.15) is 8.07 Å². The van der Waals surface area contributed by atoms with E-state index in [9.17, 15) is 9.59 Å². The van der Waals surface area contributed by atoms with E-state index in [0.29, 0.717) is 0 Å². The van der Waals surface area contributed by atoms with Gasteiger partial charge < -0.3 is 9.47 Å². The molecule has 0 saturated carbocycles. The highest BCUT2D eigenvalue weighted by atomic mass is 28.3. The van der Waals surface area contributed by atoms with E-state index in [1.165, 1.54) is 5.56 Å². The fourth-order valence-electron chi connectivity index (χ4n) is 2.84. The maximum Gasteiger partial charge on any atom is 0.325 e. The predicted molar refractivity (Wildman–Crippen MR) is 109 cm³/mol. The van der Waals surface area contributed by atoms with Crippen molar-refractivity contribution in [3.63, 3.8) is 0 Å². The molecule has 1 saturated heterocycles. The van der Waals surface area contributed by atoms with Crippen LogP contribution in [0.2, 0.25) is 19.6 Å². The molecule has 1 aromatic rings. The van der Waals surface area contributed by atoms with Gasteiger partial charge in [0.25, 0.3) is 5.79 Å². The number of benzene rings is 1. The first kappa shape index (κ1) is 21.2. The van der Waals surface area contributed by atoms with Gasteiger partial charge in [0.05, 0.1) is 5.92 Å². The maximum absolute atomic E-state index is 12.6. The molecule has 0 aromatic heterocycles. The molecular weight excluding hydrogens is 356 g/mol. The minimum absolute atomic E-state index is 0.0186. The highest BCUT2D eigenvalue weighted by Gasteiger charge is 2.47. The van der Waals surface area contributed by atoms with E-state index in [2.05, 4.69) is 51.9 Å². The molecule has 0 radical (unpaired) electrons. The zero-order valence-electron chi connectivity index (χ0n) is 17.6. The topological polar surface area (TPSA) is 52.6 Å². The number of carbonyl (C=O) groups excluding carboxylic acids is 2. The highest BCUT2D eigenvalue weighted by Crippen LogP contribution is 2.34. The Kier molecular flexibility index (Phi) is 5.63. The van der Waals surface area contributed by atoms with Gasteiger partial charge in [-0.1, -0.05) is 64.7 Å². The molecule has 1 aromatic carbocycles. The minimum Gasteiger partial charge on any atom is -0.422 e. The van der Waals surface area contributed by atoms with Crippen molar-refractivity contribution in [2.45, 2.75) is 71.4 Å². The Morgan fingerprint density at radius 3 is 1.89 bits per heavy atom. The Bertz CT molecular complexity index is 763.